The molecule has 1 rings (SSSR count). The second-order valence-electron chi connectivity index (χ2n) is 2.64. The van der Waals surface area contributed by atoms with Crippen LogP contribution in [0.3, 0.4) is 0 Å². The Bertz CT molecular complexity index is 117. The van der Waals surface area contributed by atoms with Gasteiger partial charge in [-0.1, -0.05) is 19.1 Å². The summed E-state index contributed by atoms with van der Waals surface area (Å²) in [7, 11) is 3.45. The summed E-state index contributed by atoms with van der Waals surface area (Å²) in [6.45, 7) is 2.13. The highest BCUT2D eigenvalue weighted by atomic mass is 16.5. The van der Waals surface area contributed by atoms with E-state index in [1.165, 1.54) is 0 Å². The van der Waals surface area contributed by atoms with E-state index in [0.717, 1.165) is 0 Å². The van der Waals surface area contributed by atoms with Crippen LogP contribution >= 0.6 is 0 Å². The standard InChI is InChI=1S/C8H14O2/c1-6-7(9-2)4-5-8(6)10-3/h4-8H,1-3H3. The van der Waals surface area contributed by atoms with Crippen molar-refractivity contribution in [3.8, 4) is 0 Å². The monoisotopic (exact) mass is 142 g/mol. The number of ether oxygens (including phenoxy) is 2. The first kappa shape index (κ1) is 7.76. The highest BCUT2D eigenvalue weighted by molar-refractivity contribution is 5.08. The third kappa shape index (κ3) is 1.22. The highest BCUT2D eigenvalue weighted by Crippen LogP contribution is 2.22. The van der Waals surface area contributed by atoms with E-state index in [0.29, 0.717) is 5.92 Å². The van der Waals surface area contributed by atoms with E-state index in [1.54, 1.807) is 14.2 Å². The van der Waals surface area contributed by atoms with Crippen LogP contribution in [0.2, 0.25) is 0 Å². The number of methoxy groups -OCH3 is 2. The predicted molar refractivity (Wildman–Crippen MR) is 39.9 cm³/mol. The van der Waals surface area contributed by atoms with Crippen LogP contribution in [-0.2, 0) is 9.47 Å². The van der Waals surface area contributed by atoms with Crippen molar-refractivity contribution < 1.29 is 9.47 Å². The molecule has 2 unspecified atom stereocenters. The summed E-state index contributed by atoms with van der Waals surface area (Å²) in [6.07, 6.45) is 4.59. The Morgan fingerprint density at radius 1 is 1.00 bits per heavy atom. The fourth-order valence-electron chi connectivity index (χ4n) is 1.34. The van der Waals surface area contributed by atoms with Crippen LogP contribution < -0.4 is 0 Å². The van der Waals surface area contributed by atoms with E-state index >= 15 is 0 Å². The Labute approximate surface area is 61.8 Å². The molecule has 0 bridgehead atoms. The molecule has 0 spiro atoms. The molecule has 2 nitrogen and oxygen atoms in total. The molecule has 0 aliphatic heterocycles. The summed E-state index contributed by atoms with van der Waals surface area (Å²) in [5.74, 6) is 0.454. The maximum atomic E-state index is 5.19. The van der Waals surface area contributed by atoms with Crippen LogP contribution in [0.1, 0.15) is 6.92 Å². The smallest absolute Gasteiger partial charge is 0.0806 e. The van der Waals surface area contributed by atoms with Gasteiger partial charge in [0, 0.05) is 20.1 Å². The van der Waals surface area contributed by atoms with Gasteiger partial charge < -0.3 is 9.47 Å². The molecule has 1 aliphatic carbocycles. The molecule has 0 fully saturated rings. The average Bonchev–Trinajstić information content (AvgIpc) is 2.30. The Kier molecular flexibility index (Phi) is 2.46. The minimum Gasteiger partial charge on any atom is -0.377 e. The van der Waals surface area contributed by atoms with E-state index in [-0.39, 0.29) is 12.2 Å². The van der Waals surface area contributed by atoms with Crippen LogP contribution in [0.15, 0.2) is 12.2 Å². The van der Waals surface area contributed by atoms with Gasteiger partial charge in [-0.3, -0.25) is 0 Å². The minimum atomic E-state index is 0.241. The normalized spacial score (nSPS) is 38.9. The summed E-state index contributed by atoms with van der Waals surface area (Å²) in [4.78, 5) is 0. The average molecular weight is 142 g/mol. The van der Waals surface area contributed by atoms with Crippen molar-refractivity contribution in [3.63, 3.8) is 0 Å². The lowest BCUT2D eigenvalue weighted by Gasteiger charge is -2.18. The number of hydrogen-bond acceptors (Lipinski definition) is 2. The molecular formula is C8H14O2. The van der Waals surface area contributed by atoms with E-state index in [9.17, 15) is 0 Å². The summed E-state index contributed by atoms with van der Waals surface area (Å²) in [5, 5.41) is 0. The van der Waals surface area contributed by atoms with E-state index in [1.807, 2.05) is 0 Å². The first-order chi connectivity index (χ1) is 4.79. The fraction of sp³-hybridized carbons (Fsp3) is 0.750. The third-order valence-electron chi connectivity index (χ3n) is 2.07. The number of rotatable bonds is 2. The van der Waals surface area contributed by atoms with Crippen molar-refractivity contribution in [2.45, 2.75) is 19.1 Å². The number of hydrogen-bond donors (Lipinski definition) is 0. The van der Waals surface area contributed by atoms with Crippen molar-refractivity contribution in [1.29, 1.82) is 0 Å². The Hall–Kier alpha value is -0.340. The molecule has 0 aromatic carbocycles. The van der Waals surface area contributed by atoms with Gasteiger partial charge in [0.25, 0.3) is 0 Å². The van der Waals surface area contributed by atoms with Crippen molar-refractivity contribution in [3.05, 3.63) is 12.2 Å². The lowest BCUT2D eigenvalue weighted by molar-refractivity contribution is 0.0328. The van der Waals surface area contributed by atoms with Gasteiger partial charge in [-0.2, -0.15) is 0 Å². The van der Waals surface area contributed by atoms with Crippen LogP contribution in [0.5, 0.6) is 0 Å². The lowest BCUT2D eigenvalue weighted by atomic mass is 10.1. The van der Waals surface area contributed by atoms with Gasteiger partial charge in [0.05, 0.1) is 12.2 Å². The second kappa shape index (κ2) is 3.17. The summed E-state index contributed by atoms with van der Waals surface area (Å²) >= 11 is 0. The van der Waals surface area contributed by atoms with E-state index < -0.39 is 0 Å². The van der Waals surface area contributed by atoms with Crippen molar-refractivity contribution in [2.75, 3.05) is 14.2 Å². The van der Waals surface area contributed by atoms with Crippen LogP contribution in [0.25, 0.3) is 0 Å². The molecule has 0 saturated carbocycles. The molecule has 0 amide bonds. The van der Waals surface area contributed by atoms with Gasteiger partial charge >= 0.3 is 0 Å². The SMILES string of the molecule is COC1C=CC(OC)C1C. The van der Waals surface area contributed by atoms with Gasteiger partial charge in [0.2, 0.25) is 0 Å². The molecule has 1 aliphatic rings. The molecule has 2 atom stereocenters. The Morgan fingerprint density at radius 3 is 1.60 bits per heavy atom. The zero-order chi connectivity index (χ0) is 7.56. The van der Waals surface area contributed by atoms with Gasteiger partial charge in [-0.25, -0.2) is 0 Å². The van der Waals surface area contributed by atoms with Crippen LogP contribution in [-0.4, -0.2) is 26.4 Å². The summed E-state index contributed by atoms with van der Waals surface area (Å²) in [5.41, 5.74) is 0. The maximum absolute atomic E-state index is 5.19. The maximum Gasteiger partial charge on any atom is 0.0806 e. The van der Waals surface area contributed by atoms with Gasteiger partial charge in [0.1, 0.15) is 0 Å². The van der Waals surface area contributed by atoms with Crippen molar-refractivity contribution in [1.82, 2.24) is 0 Å². The zero-order valence-corrected chi connectivity index (χ0v) is 6.70. The molecule has 0 saturated heterocycles. The minimum absolute atomic E-state index is 0.241. The molecule has 2 heteroatoms. The Balaban J connectivity index is 2.49. The quantitative estimate of drug-likeness (QED) is 0.540. The predicted octanol–water partition coefficient (Wildman–Crippen LogP) is 1.22. The molecular weight excluding hydrogens is 128 g/mol. The molecule has 0 N–H and O–H groups in total. The zero-order valence-electron chi connectivity index (χ0n) is 6.70. The molecule has 0 heterocycles. The van der Waals surface area contributed by atoms with Gasteiger partial charge in [-0.15, -0.1) is 0 Å². The molecule has 10 heavy (non-hydrogen) atoms. The summed E-state index contributed by atoms with van der Waals surface area (Å²) in [6, 6.07) is 0. The van der Waals surface area contributed by atoms with Crippen LogP contribution in [0.4, 0.5) is 0 Å². The first-order valence-corrected chi connectivity index (χ1v) is 3.53. The topological polar surface area (TPSA) is 18.5 Å². The Morgan fingerprint density at radius 2 is 1.40 bits per heavy atom. The third-order valence-corrected chi connectivity index (χ3v) is 2.07. The van der Waals surface area contributed by atoms with Crippen LogP contribution in [0, 0.1) is 5.92 Å². The fourth-order valence-corrected chi connectivity index (χ4v) is 1.34. The van der Waals surface area contributed by atoms with E-state index in [4.69, 9.17) is 9.47 Å². The largest absolute Gasteiger partial charge is 0.377 e. The van der Waals surface area contributed by atoms with Gasteiger partial charge in [-0.05, 0) is 0 Å². The molecule has 0 aromatic heterocycles. The van der Waals surface area contributed by atoms with Crippen molar-refractivity contribution in [2.24, 2.45) is 5.92 Å². The van der Waals surface area contributed by atoms with Gasteiger partial charge in [0.15, 0.2) is 0 Å². The first-order valence-electron chi connectivity index (χ1n) is 3.53. The molecule has 0 aromatic rings. The molecule has 0 radical (unpaired) electrons. The lowest BCUT2D eigenvalue weighted by Crippen LogP contribution is -2.23. The van der Waals surface area contributed by atoms with E-state index in [2.05, 4.69) is 19.1 Å². The van der Waals surface area contributed by atoms with Crippen molar-refractivity contribution >= 4 is 0 Å². The highest BCUT2D eigenvalue weighted by Gasteiger charge is 2.27. The summed E-state index contributed by atoms with van der Waals surface area (Å²) < 4.78 is 10.4. The second-order valence-corrected chi connectivity index (χ2v) is 2.64. The molecule has 58 valence electrons.